The lowest BCUT2D eigenvalue weighted by molar-refractivity contribution is -0.387. The second-order valence-corrected chi connectivity index (χ2v) is 7.65. The standard InChI is InChI=1S/C21H24N2O5/c1-14(22-11-15-5-4-6-17(24)9-15)16-7-8-18(19(10-16)23(25)26)20-27-12-21(2,3)13-28-20/h4-10,20,22,24H,1,11-13H2,2-3H3. The summed E-state index contributed by atoms with van der Waals surface area (Å²) in [5.41, 5.74) is 2.23. The van der Waals surface area contributed by atoms with E-state index in [1.165, 1.54) is 6.07 Å². The molecule has 1 fully saturated rings. The Labute approximate surface area is 163 Å². The topological polar surface area (TPSA) is 93.9 Å². The van der Waals surface area contributed by atoms with Gasteiger partial charge in [0.2, 0.25) is 0 Å². The van der Waals surface area contributed by atoms with Crippen LogP contribution >= 0.6 is 0 Å². The maximum absolute atomic E-state index is 11.6. The van der Waals surface area contributed by atoms with E-state index in [1.54, 1.807) is 30.3 Å². The third kappa shape index (κ3) is 4.68. The summed E-state index contributed by atoms with van der Waals surface area (Å²) in [7, 11) is 0. The summed E-state index contributed by atoms with van der Waals surface area (Å²) in [6, 6.07) is 11.7. The summed E-state index contributed by atoms with van der Waals surface area (Å²) in [6.45, 7) is 9.37. The van der Waals surface area contributed by atoms with Crippen LogP contribution in [0.2, 0.25) is 0 Å². The summed E-state index contributed by atoms with van der Waals surface area (Å²) in [6.07, 6.45) is -0.754. The average molecular weight is 384 g/mol. The number of phenols is 1. The SMILES string of the molecule is C=C(NCc1cccc(O)c1)c1ccc(C2OCC(C)(C)CO2)c([N+](=O)[O-])c1. The van der Waals surface area contributed by atoms with Gasteiger partial charge in [0.25, 0.3) is 5.69 Å². The lowest BCUT2D eigenvalue weighted by atomic mass is 9.95. The molecule has 2 aromatic rings. The molecule has 0 radical (unpaired) electrons. The number of rotatable bonds is 6. The van der Waals surface area contributed by atoms with Gasteiger partial charge in [0.1, 0.15) is 5.75 Å². The van der Waals surface area contributed by atoms with Crippen LogP contribution in [0, 0.1) is 15.5 Å². The van der Waals surface area contributed by atoms with E-state index < -0.39 is 11.2 Å². The minimum Gasteiger partial charge on any atom is -0.508 e. The zero-order valence-corrected chi connectivity index (χ0v) is 16.0. The van der Waals surface area contributed by atoms with Crippen LogP contribution in [0.5, 0.6) is 5.75 Å². The van der Waals surface area contributed by atoms with Crippen LogP contribution < -0.4 is 5.32 Å². The lowest BCUT2D eigenvalue weighted by Crippen LogP contribution is -2.34. The Kier molecular flexibility index (Phi) is 5.67. The van der Waals surface area contributed by atoms with Crippen molar-refractivity contribution in [3.8, 4) is 5.75 Å². The number of hydrogen-bond acceptors (Lipinski definition) is 6. The predicted octanol–water partition coefficient (Wildman–Crippen LogP) is 4.13. The van der Waals surface area contributed by atoms with Gasteiger partial charge < -0.3 is 19.9 Å². The van der Waals surface area contributed by atoms with Crippen molar-refractivity contribution in [1.82, 2.24) is 5.32 Å². The van der Waals surface area contributed by atoms with Crippen LogP contribution in [0.4, 0.5) is 5.69 Å². The fraction of sp³-hybridized carbons (Fsp3) is 0.333. The lowest BCUT2D eigenvalue weighted by Gasteiger charge is -2.34. The zero-order valence-electron chi connectivity index (χ0n) is 16.0. The highest BCUT2D eigenvalue weighted by Crippen LogP contribution is 2.36. The first-order valence-corrected chi connectivity index (χ1v) is 8.98. The molecule has 0 atom stereocenters. The first-order chi connectivity index (χ1) is 13.2. The van der Waals surface area contributed by atoms with Crippen LogP contribution in [0.1, 0.15) is 36.8 Å². The van der Waals surface area contributed by atoms with Crippen LogP contribution in [0.3, 0.4) is 0 Å². The average Bonchev–Trinajstić information content (AvgIpc) is 2.66. The number of nitrogens with one attached hydrogen (secondary N) is 1. The van der Waals surface area contributed by atoms with Crippen LogP contribution in [-0.2, 0) is 16.0 Å². The summed E-state index contributed by atoms with van der Waals surface area (Å²) < 4.78 is 11.4. The first-order valence-electron chi connectivity index (χ1n) is 8.98. The van der Waals surface area contributed by atoms with Crippen molar-refractivity contribution in [2.45, 2.75) is 26.7 Å². The Morgan fingerprint density at radius 1 is 1.29 bits per heavy atom. The van der Waals surface area contributed by atoms with Gasteiger partial charge in [0.05, 0.1) is 23.7 Å². The van der Waals surface area contributed by atoms with E-state index in [4.69, 9.17) is 9.47 Å². The molecule has 28 heavy (non-hydrogen) atoms. The number of aromatic hydroxyl groups is 1. The fourth-order valence-corrected chi connectivity index (χ4v) is 2.94. The van der Waals surface area contributed by atoms with Gasteiger partial charge in [0.15, 0.2) is 6.29 Å². The Morgan fingerprint density at radius 3 is 2.64 bits per heavy atom. The summed E-state index contributed by atoms with van der Waals surface area (Å²) in [5.74, 6) is 0.181. The largest absolute Gasteiger partial charge is 0.508 e. The molecule has 0 amide bonds. The first kappa shape index (κ1) is 19.9. The number of nitro benzene ring substituents is 1. The van der Waals surface area contributed by atoms with E-state index in [0.717, 1.165) is 5.56 Å². The molecule has 0 aromatic heterocycles. The molecule has 148 valence electrons. The van der Waals surface area contributed by atoms with Gasteiger partial charge in [-0.05, 0) is 23.8 Å². The van der Waals surface area contributed by atoms with E-state index in [2.05, 4.69) is 11.9 Å². The van der Waals surface area contributed by atoms with E-state index in [0.29, 0.717) is 36.6 Å². The van der Waals surface area contributed by atoms with Crippen molar-refractivity contribution in [1.29, 1.82) is 0 Å². The molecule has 0 saturated carbocycles. The van der Waals surface area contributed by atoms with E-state index in [9.17, 15) is 15.2 Å². The molecule has 7 nitrogen and oxygen atoms in total. The highest BCUT2D eigenvalue weighted by molar-refractivity contribution is 5.65. The van der Waals surface area contributed by atoms with Crippen LogP contribution in [0.25, 0.3) is 5.70 Å². The number of nitro groups is 1. The highest BCUT2D eigenvalue weighted by Gasteiger charge is 2.33. The molecule has 2 aromatic carbocycles. The predicted molar refractivity (Wildman–Crippen MR) is 106 cm³/mol. The second kappa shape index (κ2) is 8.00. The van der Waals surface area contributed by atoms with Gasteiger partial charge in [-0.3, -0.25) is 10.1 Å². The van der Waals surface area contributed by atoms with E-state index in [1.807, 2.05) is 19.9 Å². The molecule has 0 spiro atoms. The van der Waals surface area contributed by atoms with Crippen molar-refractivity contribution < 1.29 is 19.5 Å². The monoisotopic (exact) mass is 384 g/mol. The smallest absolute Gasteiger partial charge is 0.278 e. The maximum Gasteiger partial charge on any atom is 0.278 e. The third-order valence-electron chi connectivity index (χ3n) is 4.50. The van der Waals surface area contributed by atoms with Crippen LogP contribution in [-0.4, -0.2) is 23.2 Å². The van der Waals surface area contributed by atoms with Crippen molar-refractivity contribution in [3.63, 3.8) is 0 Å². The quantitative estimate of drug-likeness (QED) is 0.574. The summed E-state index contributed by atoms with van der Waals surface area (Å²) in [5, 5.41) is 24.3. The van der Waals surface area contributed by atoms with E-state index in [-0.39, 0.29) is 16.9 Å². The number of benzene rings is 2. The van der Waals surface area contributed by atoms with Crippen LogP contribution in [0.15, 0.2) is 49.0 Å². The van der Waals surface area contributed by atoms with Gasteiger partial charge in [-0.1, -0.05) is 38.6 Å². The molecule has 0 unspecified atom stereocenters. The molecule has 1 aliphatic heterocycles. The van der Waals surface area contributed by atoms with Gasteiger partial charge in [-0.25, -0.2) is 0 Å². The second-order valence-electron chi connectivity index (χ2n) is 7.65. The molecule has 0 bridgehead atoms. The minimum absolute atomic E-state index is 0.0671. The Morgan fingerprint density at radius 2 is 2.00 bits per heavy atom. The van der Waals surface area contributed by atoms with Gasteiger partial charge >= 0.3 is 0 Å². The van der Waals surface area contributed by atoms with Crippen molar-refractivity contribution >= 4 is 11.4 Å². The molecule has 2 N–H and O–H groups in total. The molecule has 1 saturated heterocycles. The minimum atomic E-state index is -0.754. The summed E-state index contributed by atoms with van der Waals surface area (Å²) >= 11 is 0. The Bertz CT molecular complexity index is 884. The molecular weight excluding hydrogens is 360 g/mol. The molecule has 1 aliphatic rings. The highest BCUT2D eigenvalue weighted by atomic mass is 16.7. The summed E-state index contributed by atoms with van der Waals surface area (Å²) in [4.78, 5) is 11.2. The normalized spacial score (nSPS) is 16.5. The van der Waals surface area contributed by atoms with Gasteiger partial charge in [-0.15, -0.1) is 0 Å². The fourth-order valence-electron chi connectivity index (χ4n) is 2.94. The molecule has 0 aliphatic carbocycles. The van der Waals surface area contributed by atoms with Crippen molar-refractivity contribution in [2.75, 3.05) is 13.2 Å². The Balaban J connectivity index is 1.75. The van der Waals surface area contributed by atoms with Crippen molar-refractivity contribution in [2.24, 2.45) is 5.41 Å². The zero-order chi connectivity index (χ0) is 20.3. The molecular formula is C21H24N2O5. The van der Waals surface area contributed by atoms with Crippen molar-refractivity contribution in [3.05, 3.63) is 75.8 Å². The maximum atomic E-state index is 11.6. The number of ether oxygens (including phenoxy) is 2. The third-order valence-corrected chi connectivity index (χ3v) is 4.50. The number of phenolic OH excluding ortho intramolecular Hbond substituents is 1. The Hall–Kier alpha value is -2.90. The van der Waals surface area contributed by atoms with Gasteiger partial charge in [-0.2, -0.15) is 0 Å². The van der Waals surface area contributed by atoms with Gasteiger partial charge in [0, 0.05) is 29.3 Å². The molecule has 7 heteroatoms. The molecule has 1 heterocycles. The number of hydrogen-bond donors (Lipinski definition) is 2. The molecule has 3 rings (SSSR count). The van der Waals surface area contributed by atoms with E-state index >= 15 is 0 Å². The number of nitrogens with zero attached hydrogens (tertiary/aromatic N) is 1.